The van der Waals surface area contributed by atoms with Crippen molar-refractivity contribution in [1.29, 1.82) is 0 Å². The van der Waals surface area contributed by atoms with Gasteiger partial charge in [0.1, 0.15) is 5.82 Å². The van der Waals surface area contributed by atoms with Crippen LogP contribution in [-0.2, 0) is 4.74 Å². The van der Waals surface area contributed by atoms with E-state index in [1.807, 2.05) is 6.92 Å². The highest BCUT2D eigenvalue weighted by molar-refractivity contribution is 5.97. The van der Waals surface area contributed by atoms with Crippen molar-refractivity contribution in [1.82, 2.24) is 9.97 Å². The molecule has 0 atom stereocenters. The van der Waals surface area contributed by atoms with Crippen LogP contribution < -0.4 is 16.4 Å². The lowest BCUT2D eigenvalue weighted by Gasteiger charge is -2.42. The number of rotatable bonds is 8. The van der Waals surface area contributed by atoms with Crippen molar-refractivity contribution in [2.45, 2.75) is 82.9 Å². The van der Waals surface area contributed by atoms with Gasteiger partial charge in [-0.25, -0.2) is 4.98 Å². The molecule has 1 heterocycles. The summed E-state index contributed by atoms with van der Waals surface area (Å²) in [5.74, 6) is 0.615. The molecule has 2 aliphatic carbocycles. The Bertz CT molecular complexity index is 619. The normalized spacial score (nSPS) is 24.5. The summed E-state index contributed by atoms with van der Waals surface area (Å²) in [6, 6.07) is 0.336. The number of nitrogens with zero attached hydrogens (tertiary/aromatic N) is 2. The number of hydrogen-bond acceptors (Lipinski definition) is 6. The molecule has 3 rings (SSSR count). The van der Waals surface area contributed by atoms with E-state index in [1.165, 1.54) is 12.6 Å². The van der Waals surface area contributed by atoms with Gasteiger partial charge >= 0.3 is 0 Å². The maximum absolute atomic E-state index is 11.8. The summed E-state index contributed by atoms with van der Waals surface area (Å²) >= 11 is 0. The van der Waals surface area contributed by atoms with Gasteiger partial charge in [-0.2, -0.15) is 4.98 Å². The van der Waals surface area contributed by atoms with Gasteiger partial charge in [-0.3, -0.25) is 4.79 Å². The van der Waals surface area contributed by atoms with E-state index >= 15 is 0 Å². The van der Waals surface area contributed by atoms with Crippen LogP contribution in [0, 0.1) is 0 Å². The van der Waals surface area contributed by atoms with E-state index in [2.05, 4.69) is 27.5 Å². The van der Waals surface area contributed by atoms with Gasteiger partial charge in [0, 0.05) is 24.4 Å². The van der Waals surface area contributed by atoms with Crippen molar-refractivity contribution in [3.8, 4) is 0 Å². The van der Waals surface area contributed by atoms with E-state index in [0.717, 1.165) is 51.6 Å². The lowest BCUT2D eigenvalue weighted by Crippen LogP contribution is -2.45. The number of nitrogens with two attached hydrogens (primary N) is 1. The Labute approximate surface area is 155 Å². The zero-order chi connectivity index (χ0) is 18.6. The molecule has 0 saturated heterocycles. The van der Waals surface area contributed by atoms with Crippen molar-refractivity contribution >= 4 is 17.7 Å². The van der Waals surface area contributed by atoms with Crippen LogP contribution in [0.2, 0.25) is 0 Å². The molecule has 0 aromatic carbocycles. The number of aromatic nitrogens is 2. The van der Waals surface area contributed by atoms with Crippen LogP contribution in [0.4, 0.5) is 11.8 Å². The van der Waals surface area contributed by atoms with Gasteiger partial charge in [-0.05, 0) is 58.3 Å². The van der Waals surface area contributed by atoms with Crippen LogP contribution >= 0.6 is 0 Å². The first-order chi connectivity index (χ1) is 12.5. The summed E-state index contributed by atoms with van der Waals surface area (Å²) < 4.78 is 5.71. The fraction of sp³-hybridized carbons (Fsp3) is 0.737. The molecule has 7 nitrogen and oxygen atoms in total. The van der Waals surface area contributed by atoms with E-state index in [0.29, 0.717) is 29.5 Å². The highest BCUT2D eigenvalue weighted by Gasteiger charge is 2.36. The second-order valence-corrected chi connectivity index (χ2v) is 7.51. The quantitative estimate of drug-likeness (QED) is 0.657. The fourth-order valence-corrected chi connectivity index (χ4v) is 3.94. The van der Waals surface area contributed by atoms with Crippen LogP contribution in [0.25, 0.3) is 0 Å². The molecule has 0 spiro atoms. The fourth-order valence-electron chi connectivity index (χ4n) is 3.94. The predicted octanol–water partition coefficient (Wildman–Crippen LogP) is 3.08. The molecule has 4 N–H and O–H groups in total. The number of ether oxygens (including phenoxy) is 1. The lowest BCUT2D eigenvalue weighted by atomic mass is 9.75. The molecule has 0 unspecified atom stereocenters. The lowest BCUT2D eigenvalue weighted by molar-refractivity contribution is 0.0346. The molecule has 0 radical (unpaired) electrons. The smallest absolute Gasteiger partial charge is 0.254 e. The second kappa shape index (κ2) is 8.20. The largest absolute Gasteiger partial charge is 0.379 e. The number of primary amides is 1. The van der Waals surface area contributed by atoms with Gasteiger partial charge in [0.2, 0.25) is 5.95 Å². The molecule has 2 saturated carbocycles. The first kappa shape index (κ1) is 18.9. The van der Waals surface area contributed by atoms with Crippen molar-refractivity contribution < 1.29 is 9.53 Å². The van der Waals surface area contributed by atoms with Crippen molar-refractivity contribution in [3.05, 3.63) is 11.8 Å². The second-order valence-electron chi connectivity index (χ2n) is 7.51. The third-order valence-electron chi connectivity index (χ3n) is 5.84. The molecule has 1 amide bonds. The van der Waals surface area contributed by atoms with Gasteiger partial charge in [0.05, 0.1) is 11.7 Å². The van der Waals surface area contributed by atoms with E-state index in [9.17, 15) is 4.79 Å². The standard InChI is InChI=1S/C19H31N5O2/c1-3-19(10-5-11-19)24-17-15(16(20)25)12-21-18(23-17)22-13-6-8-14(9-7-13)26-4-2/h12-14H,3-11H2,1-2H3,(H2,20,25)(H2,21,22,23,24). The summed E-state index contributed by atoms with van der Waals surface area (Å²) in [6.45, 7) is 4.97. The molecule has 1 aromatic heterocycles. The van der Waals surface area contributed by atoms with Crippen molar-refractivity contribution in [2.24, 2.45) is 5.73 Å². The molecule has 1 aromatic rings. The maximum Gasteiger partial charge on any atom is 0.254 e. The summed E-state index contributed by atoms with van der Waals surface area (Å²) in [4.78, 5) is 20.7. The molecule has 144 valence electrons. The minimum absolute atomic E-state index is 0.0331. The molecular weight excluding hydrogens is 330 g/mol. The minimum Gasteiger partial charge on any atom is -0.379 e. The van der Waals surface area contributed by atoms with E-state index in [-0.39, 0.29) is 5.54 Å². The molecule has 0 bridgehead atoms. The van der Waals surface area contributed by atoms with Crippen molar-refractivity contribution in [3.63, 3.8) is 0 Å². The summed E-state index contributed by atoms with van der Waals surface area (Å²) in [5, 5.41) is 6.90. The topological polar surface area (TPSA) is 102 Å². The molecule has 2 aliphatic rings. The number of carbonyl (C=O) groups is 1. The molecule has 0 aliphatic heterocycles. The average molecular weight is 361 g/mol. The van der Waals surface area contributed by atoms with Crippen LogP contribution in [0.5, 0.6) is 0 Å². The van der Waals surface area contributed by atoms with Crippen molar-refractivity contribution in [2.75, 3.05) is 17.2 Å². The molecular formula is C19H31N5O2. The number of carbonyl (C=O) groups excluding carboxylic acids is 1. The Kier molecular flexibility index (Phi) is 5.96. The van der Waals surface area contributed by atoms with Crippen LogP contribution in [0.3, 0.4) is 0 Å². The monoisotopic (exact) mass is 361 g/mol. The Balaban J connectivity index is 1.68. The SMILES string of the molecule is CCOC1CCC(Nc2ncc(C(N)=O)c(NC3(CC)CCC3)n2)CC1. The Morgan fingerprint density at radius 3 is 2.58 bits per heavy atom. The Hall–Kier alpha value is -1.89. The van der Waals surface area contributed by atoms with Crippen LogP contribution in [-0.4, -0.2) is 40.2 Å². The first-order valence-electron chi connectivity index (χ1n) is 9.88. The Morgan fingerprint density at radius 2 is 2.04 bits per heavy atom. The predicted molar refractivity (Wildman–Crippen MR) is 102 cm³/mol. The number of hydrogen-bond donors (Lipinski definition) is 3. The van der Waals surface area contributed by atoms with Gasteiger partial charge in [0.25, 0.3) is 5.91 Å². The summed E-state index contributed by atoms with van der Waals surface area (Å²) in [6.07, 6.45) is 10.5. The molecule has 2 fully saturated rings. The van der Waals surface area contributed by atoms with E-state index in [4.69, 9.17) is 10.5 Å². The van der Waals surface area contributed by atoms with Crippen LogP contribution in [0.15, 0.2) is 6.20 Å². The maximum atomic E-state index is 11.8. The number of nitrogens with one attached hydrogen (secondary N) is 2. The van der Waals surface area contributed by atoms with Gasteiger partial charge in [0.15, 0.2) is 0 Å². The average Bonchev–Trinajstić information content (AvgIpc) is 2.60. The number of amides is 1. The Morgan fingerprint density at radius 1 is 1.31 bits per heavy atom. The summed E-state index contributed by atoms with van der Waals surface area (Å²) in [5.41, 5.74) is 5.91. The molecule has 7 heteroatoms. The first-order valence-corrected chi connectivity index (χ1v) is 9.88. The number of anilines is 2. The van der Waals surface area contributed by atoms with E-state index < -0.39 is 5.91 Å². The van der Waals surface area contributed by atoms with Gasteiger partial charge in [-0.1, -0.05) is 6.92 Å². The van der Waals surface area contributed by atoms with E-state index in [1.54, 1.807) is 0 Å². The highest BCUT2D eigenvalue weighted by Crippen LogP contribution is 2.38. The van der Waals surface area contributed by atoms with Gasteiger partial charge in [-0.15, -0.1) is 0 Å². The minimum atomic E-state index is -0.498. The molecule has 26 heavy (non-hydrogen) atoms. The summed E-state index contributed by atoms with van der Waals surface area (Å²) in [7, 11) is 0. The zero-order valence-electron chi connectivity index (χ0n) is 15.9. The third kappa shape index (κ3) is 4.26. The third-order valence-corrected chi connectivity index (χ3v) is 5.84. The van der Waals surface area contributed by atoms with Crippen LogP contribution in [0.1, 0.15) is 75.6 Å². The zero-order valence-corrected chi connectivity index (χ0v) is 15.9. The highest BCUT2D eigenvalue weighted by atomic mass is 16.5. The van der Waals surface area contributed by atoms with Gasteiger partial charge < -0.3 is 21.1 Å².